The lowest BCUT2D eigenvalue weighted by molar-refractivity contribution is 0.163. The van der Waals surface area contributed by atoms with E-state index in [1.54, 1.807) is 0 Å². The molecule has 0 saturated carbocycles. The van der Waals surface area contributed by atoms with Gasteiger partial charge in [-0.2, -0.15) is 0 Å². The van der Waals surface area contributed by atoms with Gasteiger partial charge in [-0.25, -0.2) is 0 Å². The minimum atomic E-state index is 0.382. The van der Waals surface area contributed by atoms with Gasteiger partial charge in [0.1, 0.15) is 0 Å². The smallest absolute Gasteiger partial charge is 0.0884 e. The van der Waals surface area contributed by atoms with Gasteiger partial charge in [-0.1, -0.05) is 11.2 Å². The number of allylic oxidation sites excluding steroid dienone is 1. The van der Waals surface area contributed by atoms with E-state index >= 15 is 0 Å². The molecule has 0 aromatic heterocycles. The van der Waals surface area contributed by atoms with Gasteiger partial charge in [-0.15, -0.1) is 0 Å². The second-order valence-electron chi connectivity index (χ2n) is 2.59. The Labute approximate surface area is 76.7 Å². The molecule has 0 unspecified atom stereocenters. The van der Waals surface area contributed by atoms with Crippen molar-refractivity contribution in [3.63, 3.8) is 0 Å². The van der Waals surface area contributed by atoms with Crippen LogP contribution in [0.4, 0.5) is 0 Å². The Morgan fingerprint density at radius 3 is 3.23 bits per heavy atom. The summed E-state index contributed by atoms with van der Waals surface area (Å²) in [6.07, 6.45) is 6.01. The first-order valence-corrected chi connectivity index (χ1v) is 4.23. The maximum absolute atomic E-state index is 7.98. The Bertz CT molecular complexity index is 253. The molecule has 70 valence electrons. The van der Waals surface area contributed by atoms with E-state index in [4.69, 9.17) is 10.3 Å². The van der Waals surface area contributed by atoms with Gasteiger partial charge in [-0.05, 0) is 18.4 Å². The average Bonchev–Trinajstić information content (AvgIpc) is 2.19. The lowest BCUT2D eigenvalue weighted by atomic mass is 10.2. The summed E-state index contributed by atoms with van der Waals surface area (Å²) in [7, 11) is 0. The lowest BCUT2D eigenvalue weighted by Crippen LogP contribution is -2.02. The van der Waals surface area contributed by atoms with Gasteiger partial charge >= 0.3 is 0 Å². The molecular weight excluding hydrogens is 168 g/mol. The van der Waals surface area contributed by atoms with Crippen LogP contribution in [0.2, 0.25) is 0 Å². The van der Waals surface area contributed by atoms with E-state index in [2.05, 4.69) is 21.1 Å². The zero-order valence-electron chi connectivity index (χ0n) is 7.39. The number of nitrogens with zero attached hydrogens (tertiary/aromatic N) is 4. The highest BCUT2D eigenvalue weighted by molar-refractivity contribution is 5.60. The number of ether oxygens (including phenoxy) is 1. The molecule has 0 saturated heterocycles. The van der Waals surface area contributed by atoms with E-state index in [0.29, 0.717) is 19.8 Å². The quantitative estimate of drug-likeness (QED) is 0.276. The molecule has 0 bridgehead atoms. The molecule has 0 aromatic rings. The zero-order valence-corrected chi connectivity index (χ0v) is 7.39. The fourth-order valence-electron chi connectivity index (χ4n) is 0.982. The molecule has 0 N–H and O–H groups in total. The normalized spacial score (nSPS) is 14.9. The first-order chi connectivity index (χ1) is 6.43. The van der Waals surface area contributed by atoms with Crippen molar-refractivity contribution >= 4 is 6.21 Å². The first kappa shape index (κ1) is 9.77. The maximum atomic E-state index is 7.98. The maximum Gasteiger partial charge on any atom is 0.0884 e. The Kier molecular flexibility index (Phi) is 4.68. The average molecular weight is 180 g/mol. The van der Waals surface area contributed by atoms with Crippen molar-refractivity contribution < 1.29 is 4.74 Å². The fraction of sp³-hybridized carbons (Fsp3) is 0.625. The molecule has 1 rings (SSSR count). The van der Waals surface area contributed by atoms with Gasteiger partial charge in [0.25, 0.3) is 0 Å². The van der Waals surface area contributed by atoms with Gasteiger partial charge in [0.05, 0.1) is 18.9 Å². The van der Waals surface area contributed by atoms with Crippen LogP contribution in [0.5, 0.6) is 0 Å². The minimum Gasteiger partial charge on any atom is -0.375 e. The molecule has 0 aliphatic carbocycles. The predicted octanol–water partition coefficient (Wildman–Crippen LogP) is 2.06. The lowest BCUT2D eigenvalue weighted by Gasteiger charge is -2.05. The topological polar surface area (TPSA) is 70.4 Å². The van der Waals surface area contributed by atoms with Crippen LogP contribution in [0.15, 0.2) is 21.9 Å². The molecule has 0 fully saturated rings. The first-order valence-electron chi connectivity index (χ1n) is 4.23. The van der Waals surface area contributed by atoms with Crippen molar-refractivity contribution in [1.29, 1.82) is 0 Å². The van der Waals surface area contributed by atoms with Gasteiger partial charge < -0.3 is 4.74 Å². The highest BCUT2D eigenvalue weighted by Crippen LogP contribution is 2.06. The second-order valence-corrected chi connectivity index (χ2v) is 2.59. The molecule has 1 aliphatic rings. The van der Waals surface area contributed by atoms with E-state index in [9.17, 15) is 0 Å². The highest BCUT2D eigenvalue weighted by Gasteiger charge is 1.97. The molecule has 0 aromatic carbocycles. The van der Waals surface area contributed by atoms with Crippen LogP contribution in [0.25, 0.3) is 10.4 Å². The van der Waals surface area contributed by atoms with E-state index < -0.39 is 0 Å². The minimum absolute atomic E-state index is 0.382. The highest BCUT2D eigenvalue weighted by atomic mass is 16.5. The number of azide groups is 1. The van der Waals surface area contributed by atoms with Gasteiger partial charge in [0.15, 0.2) is 0 Å². The predicted molar refractivity (Wildman–Crippen MR) is 50.6 cm³/mol. The standard InChI is InChI=1S/C8H12N4O/c9-12-11-5-6-13-7-8-3-1-2-4-10-8/h3-4H,1-2,5-7H2. The SMILES string of the molecule is [N-]=[N+]=NCCOCC1=CCCC=N1. The van der Waals surface area contributed by atoms with Crippen molar-refractivity contribution in [3.05, 3.63) is 22.2 Å². The van der Waals surface area contributed by atoms with Gasteiger partial charge in [-0.3, -0.25) is 4.99 Å². The molecule has 1 heterocycles. The van der Waals surface area contributed by atoms with Crippen molar-refractivity contribution in [3.8, 4) is 0 Å². The zero-order chi connectivity index (χ0) is 9.36. The summed E-state index contributed by atoms with van der Waals surface area (Å²) in [6.45, 7) is 1.35. The molecule has 5 nitrogen and oxygen atoms in total. The van der Waals surface area contributed by atoms with Gasteiger partial charge in [0, 0.05) is 17.7 Å². The van der Waals surface area contributed by atoms with Crippen LogP contribution in [-0.4, -0.2) is 26.0 Å². The Morgan fingerprint density at radius 2 is 2.54 bits per heavy atom. The monoisotopic (exact) mass is 180 g/mol. The Balaban J connectivity index is 2.08. The van der Waals surface area contributed by atoms with Gasteiger partial charge in [0.2, 0.25) is 0 Å². The summed E-state index contributed by atoms with van der Waals surface area (Å²) in [6, 6.07) is 0. The third kappa shape index (κ3) is 4.30. The van der Waals surface area contributed by atoms with Crippen molar-refractivity contribution in [2.75, 3.05) is 19.8 Å². The summed E-state index contributed by atoms with van der Waals surface area (Å²) in [5.41, 5.74) is 8.95. The van der Waals surface area contributed by atoms with Crippen LogP contribution < -0.4 is 0 Å². The number of aliphatic imine (C=N–C) groups is 1. The van der Waals surface area contributed by atoms with Crippen LogP contribution in [0, 0.1) is 0 Å². The van der Waals surface area contributed by atoms with Crippen LogP contribution in [0.1, 0.15) is 12.8 Å². The molecule has 0 amide bonds. The Morgan fingerprint density at radius 1 is 1.62 bits per heavy atom. The molecular formula is C8H12N4O. The molecule has 0 spiro atoms. The van der Waals surface area contributed by atoms with Crippen molar-refractivity contribution in [1.82, 2.24) is 0 Å². The second kappa shape index (κ2) is 6.22. The van der Waals surface area contributed by atoms with E-state index in [0.717, 1.165) is 18.5 Å². The number of hydrogen-bond donors (Lipinski definition) is 0. The summed E-state index contributed by atoms with van der Waals surface area (Å²) in [5, 5.41) is 3.35. The summed E-state index contributed by atoms with van der Waals surface area (Å²) < 4.78 is 5.23. The number of rotatable bonds is 5. The van der Waals surface area contributed by atoms with E-state index in [1.165, 1.54) is 0 Å². The van der Waals surface area contributed by atoms with E-state index in [-0.39, 0.29) is 0 Å². The van der Waals surface area contributed by atoms with Crippen LogP contribution >= 0.6 is 0 Å². The molecule has 13 heavy (non-hydrogen) atoms. The fourth-order valence-corrected chi connectivity index (χ4v) is 0.982. The molecule has 0 atom stereocenters. The van der Waals surface area contributed by atoms with Crippen molar-refractivity contribution in [2.45, 2.75) is 12.8 Å². The van der Waals surface area contributed by atoms with E-state index in [1.807, 2.05) is 6.21 Å². The van der Waals surface area contributed by atoms with Crippen LogP contribution in [0.3, 0.4) is 0 Å². The molecule has 0 radical (unpaired) electrons. The third-order valence-corrected chi connectivity index (χ3v) is 1.58. The number of hydrogen-bond acceptors (Lipinski definition) is 3. The summed E-state index contributed by atoms with van der Waals surface area (Å²) >= 11 is 0. The Hall–Kier alpha value is -1.32. The third-order valence-electron chi connectivity index (χ3n) is 1.58. The van der Waals surface area contributed by atoms with Crippen LogP contribution in [-0.2, 0) is 4.74 Å². The molecule has 1 aliphatic heterocycles. The summed E-state index contributed by atoms with van der Waals surface area (Å²) in [4.78, 5) is 6.78. The summed E-state index contributed by atoms with van der Waals surface area (Å²) in [5.74, 6) is 0. The largest absolute Gasteiger partial charge is 0.375 e. The molecule has 5 heteroatoms. The van der Waals surface area contributed by atoms with Crippen molar-refractivity contribution in [2.24, 2.45) is 10.1 Å².